The molecule has 3 aromatic rings. The molecule has 7 heteroatoms. The topological polar surface area (TPSA) is 67.9 Å². The van der Waals surface area contributed by atoms with Crippen LogP contribution in [0, 0.1) is 0 Å². The first kappa shape index (κ1) is 29.2. The molecule has 0 radical (unpaired) electrons. The molecule has 2 amide bonds. The van der Waals surface area contributed by atoms with E-state index in [2.05, 4.69) is 42.0 Å². The molecule has 0 aliphatic carbocycles. The third kappa shape index (κ3) is 8.09. The molecule has 0 aliphatic heterocycles. The fourth-order valence-electron chi connectivity index (χ4n) is 4.12. The Morgan fingerprint density at radius 3 is 2.32 bits per heavy atom. The Morgan fingerprint density at radius 2 is 1.68 bits per heavy atom. The van der Waals surface area contributed by atoms with E-state index in [0.717, 1.165) is 21.2 Å². The van der Waals surface area contributed by atoms with Gasteiger partial charge in [0.2, 0.25) is 5.91 Å². The van der Waals surface area contributed by atoms with Gasteiger partial charge in [0.25, 0.3) is 5.91 Å². The van der Waals surface area contributed by atoms with Crippen LogP contribution >= 0.6 is 15.9 Å². The van der Waals surface area contributed by atoms with Crippen LogP contribution in [0.2, 0.25) is 0 Å². The van der Waals surface area contributed by atoms with Crippen molar-refractivity contribution in [2.45, 2.75) is 52.1 Å². The molecule has 202 valence electrons. The predicted molar refractivity (Wildman–Crippen MR) is 154 cm³/mol. The van der Waals surface area contributed by atoms with Crippen LogP contribution in [0.25, 0.3) is 0 Å². The number of carbonyl (C=O) groups excluding carboxylic acids is 2. The summed E-state index contributed by atoms with van der Waals surface area (Å²) in [5, 5.41) is 2.91. The molecule has 0 aromatic heterocycles. The largest absolute Gasteiger partial charge is 0.497 e. The van der Waals surface area contributed by atoms with Gasteiger partial charge in [0.1, 0.15) is 17.5 Å². The molecule has 38 heavy (non-hydrogen) atoms. The number of nitrogens with zero attached hydrogens (tertiary/aromatic N) is 1. The third-order valence-electron chi connectivity index (χ3n) is 6.26. The van der Waals surface area contributed by atoms with Crippen LogP contribution in [0.15, 0.2) is 77.3 Å². The van der Waals surface area contributed by atoms with Gasteiger partial charge in [0.05, 0.1) is 11.6 Å². The Morgan fingerprint density at radius 1 is 0.974 bits per heavy atom. The maximum Gasteiger partial charge on any atom is 0.261 e. The van der Waals surface area contributed by atoms with Gasteiger partial charge in [-0.05, 0) is 69.2 Å². The molecular weight excluding hydrogens is 544 g/mol. The standard InChI is InChI=1S/C31H37BrN2O4/c1-6-33-30(36)27(18-22-11-8-7-9-12-22)34(20-23-13-10-14-25(17-23)37-5)29(35)21-38-28-16-15-24(19-26(28)32)31(2,3)4/h7-17,19,27H,6,18,20-21H2,1-5H3,(H,33,36)/t27-/m1/s1. The molecular formula is C31H37BrN2O4. The number of likely N-dealkylation sites (N-methyl/N-ethyl adjacent to an activating group) is 1. The van der Waals surface area contributed by atoms with Crippen molar-refractivity contribution in [1.82, 2.24) is 10.2 Å². The number of nitrogens with one attached hydrogen (secondary N) is 1. The number of benzene rings is 3. The molecule has 1 atom stereocenters. The van der Waals surface area contributed by atoms with Gasteiger partial charge in [-0.15, -0.1) is 0 Å². The lowest BCUT2D eigenvalue weighted by Crippen LogP contribution is -2.51. The Labute approximate surface area is 234 Å². The molecule has 0 heterocycles. The number of carbonyl (C=O) groups is 2. The summed E-state index contributed by atoms with van der Waals surface area (Å²) in [4.78, 5) is 28.6. The van der Waals surface area contributed by atoms with E-state index >= 15 is 0 Å². The van der Waals surface area contributed by atoms with Crippen molar-refractivity contribution in [2.75, 3.05) is 20.3 Å². The van der Waals surface area contributed by atoms with Crippen LogP contribution in [0.5, 0.6) is 11.5 Å². The van der Waals surface area contributed by atoms with Crippen molar-refractivity contribution in [1.29, 1.82) is 0 Å². The number of hydrogen-bond acceptors (Lipinski definition) is 4. The molecule has 6 nitrogen and oxygen atoms in total. The van der Waals surface area contributed by atoms with E-state index in [-0.39, 0.29) is 30.4 Å². The number of halogens is 1. The van der Waals surface area contributed by atoms with Crippen LogP contribution in [0.3, 0.4) is 0 Å². The number of methoxy groups -OCH3 is 1. The minimum absolute atomic E-state index is 0.0122. The van der Waals surface area contributed by atoms with Crippen molar-refractivity contribution >= 4 is 27.7 Å². The van der Waals surface area contributed by atoms with Crippen molar-refractivity contribution < 1.29 is 19.1 Å². The van der Waals surface area contributed by atoms with E-state index in [1.807, 2.05) is 79.7 Å². The second-order valence-electron chi connectivity index (χ2n) is 10.2. The maximum atomic E-state index is 13.7. The van der Waals surface area contributed by atoms with Gasteiger partial charge in [-0.2, -0.15) is 0 Å². The molecule has 0 bridgehead atoms. The van der Waals surface area contributed by atoms with E-state index in [0.29, 0.717) is 24.5 Å². The lowest BCUT2D eigenvalue weighted by molar-refractivity contribution is -0.142. The summed E-state index contributed by atoms with van der Waals surface area (Å²) >= 11 is 3.59. The number of ether oxygens (including phenoxy) is 2. The highest BCUT2D eigenvalue weighted by atomic mass is 79.9. The summed E-state index contributed by atoms with van der Waals surface area (Å²) in [6.07, 6.45) is 0.381. The normalized spacial score (nSPS) is 11.9. The molecule has 3 rings (SSSR count). The SMILES string of the molecule is CCNC(=O)[C@@H](Cc1ccccc1)N(Cc1cccc(OC)c1)C(=O)COc1ccc(C(C)(C)C)cc1Br. The molecule has 3 aromatic carbocycles. The Balaban J connectivity index is 1.90. The maximum absolute atomic E-state index is 13.7. The van der Waals surface area contributed by atoms with E-state index in [1.54, 1.807) is 12.0 Å². The van der Waals surface area contributed by atoms with Crippen LogP contribution in [0.4, 0.5) is 0 Å². The Kier molecular flexibility index (Phi) is 10.4. The van der Waals surface area contributed by atoms with Crippen LogP contribution in [-0.4, -0.2) is 43.0 Å². The predicted octanol–water partition coefficient (Wildman–Crippen LogP) is 5.91. The van der Waals surface area contributed by atoms with Crippen LogP contribution in [0.1, 0.15) is 44.4 Å². The molecule has 1 N–H and O–H groups in total. The average Bonchev–Trinajstić information content (AvgIpc) is 2.90. The third-order valence-corrected chi connectivity index (χ3v) is 6.88. The zero-order valence-electron chi connectivity index (χ0n) is 22.8. The molecule has 0 unspecified atom stereocenters. The molecule has 0 aliphatic rings. The fraction of sp³-hybridized carbons (Fsp3) is 0.355. The van der Waals surface area contributed by atoms with E-state index in [1.165, 1.54) is 0 Å². The van der Waals surface area contributed by atoms with Gasteiger partial charge in [0, 0.05) is 19.5 Å². The number of hydrogen-bond donors (Lipinski definition) is 1. The fourth-order valence-corrected chi connectivity index (χ4v) is 4.61. The molecule has 0 saturated carbocycles. The van der Waals surface area contributed by atoms with Gasteiger partial charge >= 0.3 is 0 Å². The highest BCUT2D eigenvalue weighted by molar-refractivity contribution is 9.10. The van der Waals surface area contributed by atoms with Gasteiger partial charge in [0.15, 0.2) is 6.61 Å². The second-order valence-corrected chi connectivity index (χ2v) is 11.0. The zero-order valence-corrected chi connectivity index (χ0v) is 24.4. The Hall–Kier alpha value is -3.32. The van der Waals surface area contributed by atoms with Crippen molar-refractivity contribution in [2.24, 2.45) is 0 Å². The van der Waals surface area contributed by atoms with Gasteiger partial charge in [-0.3, -0.25) is 9.59 Å². The van der Waals surface area contributed by atoms with Crippen molar-refractivity contribution in [3.63, 3.8) is 0 Å². The van der Waals surface area contributed by atoms with Gasteiger partial charge in [-0.1, -0.05) is 69.3 Å². The van der Waals surface area contributed by atoms with Crippen molar-refractivity contribution in [3.05, 3.63) is 94.0 Å². The van der Waals surface area contributed by atoms with Gasteiger partial charge in [-0.25, -0.2) is 0 Å². The summed E-state index contributed by atoms with van der Waals surface area (Å²) < 4.78 is 12.1. The molecule has 0 spiro atoms. The minimum Gasteiger partial charge on any atom is -0.497 e. The molecule has 0 fully saturated rings. The first-order valence-corrected chi connectivity index (χ1v) is 13.6. The summed E-state index contributed by atoms with van der Waals surface area (Å²) in [6.45, 7) is 8.79. The monoisotopic (exact) mass is 580 g/mol. The lowest BCUT2D eigenvalue weighted by Gasteiger charge is -2.31. The number of amides is 2. The van der Waals surface area contributed by atoms with Crippen molar-refractivity contribution in [3.8, 4) is 11.5 Å². The first-order chi connectivity index (χ1) is 18.1. The Bertz CT molecular complexity index is 1220. The average molecular weight is 582 g/mol. The lowest BCUT2D eigenvalue weighted by atomic mass is 9.87. The van der Waals surface area contributed by atoms with E-state index in [9.17, 15) is 9.59 Å². The summed E-state index contributed by atoms with van der Waals surface area (Å²) in [6, 6.07) is 22.4. The molecule has 0 saturated heterocycles. The quantitative estimate of drug-likeness (QED) is 0.306. The summed E-state index contributed by atoms with van der Waals surface area (Å²) in [5.74, 6) is 0.770. The highest BCUT2D eigenvalue weighted by Crippen LogP contribution is 2.31. The number of rotatable bonds is 11. The minimum atomic E-state index is -0.716. The van der Waals surface area contributed by atoms with Crippen LogP contribution < -0.4 is 14.8 Å². The summed E-state index contributed by atoms with van der Waals surface area (Å²) in [7, 11) is 1.60. The smallest absolute Gasteiger partial charge is 0.261 e. The van der Waals surface area contributed by atoms with E-state index in [4.69, 9.17) is 9.47 Å². The first-order valence-electron chi connectivity index (χ1n) is 12.8. The van der Waals surface area contributed by atoms with Crippen LogP contribution in [-0.2, 0) is 28.0 Å². The summed E-state index contributed by atoms with van der Waals surface area (Å²) in [5.41, 5.74) is 2.97. The second kappa shape index (κ2) is 13.5. The van der Waals surface area contributed by atoms with Gasteiger partial charge < -0.3 is 19.7 Å². The van der Waals surface area contributed by atoms with E-state index < -0.39 is 6.04 Å². The highest BCUT2D eigenvalue weighted by Gasteiger charge is 2.30. The zero-order chi connectivity index (χ0) is 27.7.